The van der Waals surface area contributed by atoms with Crippen molar-refractivity contribution in [2.75, 3.05) is 20.6 Å². The van der Waals surface area contributed by atoms with Gasteiger partial charge in [-0.15, -0.1) is 12.4 Å². The van der Waals surface area contributed by atoms with Crippen LogP contribution < -0.4 is 5.32 Å². The van der Waals surface area contributed by atoms with E-state index in [0.717, 1.165) is 11.1 Å². The van der Waals surface area contributed by atoms with E-state index < -0.39 is 11.2 Å². The Morgan fingerprint density at radius 2 is 1.13 bits per heavy atom. The van der Waals surface area contributed by atoms with Gasteiger partial charge in [-0.05, 0) is 91.6 Å². The van der Waals surface area contributed by atoms with Crippen LogP contribution in [0.4, 0.5) is 0 Å². The molecule has 0 heterocycles. The van der Waals surface area contributed by atoms with Crippen LogP contribution >= 0.6 is 12.4 Å². The summed E-state index contributed by atoms with van der Waals surface area (Å²) in [6.07, 6.45) is 2.12. The molecule has 0 spiro atoms. The molecule has 0 aromatic heterocycles. The topological polar surface area (TPSA) is 138 Å². The Hall–Kier alpha value is -3.80. The van der Waals surface area contributed by atoms with Crippen LogP contribution in [-0.2, 0) is 56.1 Å². The molecule has 0 amide bonds. The number of carbonyl (C=O) groups excluding carboxylic acids is 5. The number of nitrogens with zero attached hydrogens (tertiary/aromatic N) is 1. The number of rotatable bonds is 17. The highest BCUT2D eigenvalue weighted by atomic mass is 35.5. The highest BCUT2D eigenvalue weighted by molar-refractivity contribution is 5.85. The van der Waals surface area contributed by atoms with Gasteiger partial charge in [0.1, 0.15) is 42.8 Å². The lowest BCUT2D eigenvalue weighted by Gasteiger charge is -2.29. The first-order chi connectivity index (χ1) is 24.7. The minimum atomic E-state index is -0.468. The van der Waals surface area contributed by atoms with Crippen molar-refractivity contribution in [3.05, 3.63) is 71.8 Å². The predicted octanol–water partition coefficient (Wildman–Crippen LogP) is 7.51. The smallest absolute Gasteiger partial charge is 0.323 e. The maximum Gasteiger partial charge on any atom is 0.323 e. The fraction of sp³-hybridized carbons (Fsp3) is 0.595. The standard InChI is InChI=1S/C21H33NO4.C13H19NO2.C8H14O3.ClH/c1-16(2)19(20(24)25-15-17-11-8-7-9-12-17)22(6)14-10-13-18(23)26-21(3,4)5;1-10(2)12(14-3)13(15)16-9-11-7-5-4-6-8-11;1-8(2,3)11-7(10)5-4-6-9;/h7-9,11-12,16,19H,10,13-15H2,1-6H3;4-8,10,12,14H,9H2,1-3H3;6H,4-5H2,1-3H3;1H/t19-;12-;;/m00../s1. The van der Waals surface area contributed by atoms with Gasteiger partial charge >= 0.3 is 23.9 Å². The highest BCUT2D eigenvalue weighted by Gasteiger charge is 2.28. The zero-order valence-corrected chi connectivity index (χ0v) is 35.5. The summed E-state index contributed by atoms with van der Waals surface area (Å²) in [5, 5.41) is 2.96. The van der Waals surface area contributed by atoms with Crippen LogP contribution in [-0.4, -0.2) is 79.0 Å². The summed E-state index contributed by atoms with van der Waals surface area (Å²) >= 11 is 0. The summed E-state index contributed by atoms with van der Waals surface area (Å²) in [5.74, 6) is -0.605. The third-order valence-corrected chi connectivity index (χ3v) is 7.23. The number of ether oxygens (including phenoxy) is 4. The molecule has 0 radical (unpaired) electrons. The van der Waals surface area contributed by atoms with Crippen LogP contribution in [0.1, 0.15) is 106 Å². The molecular weight excluding hydrogens is 712 g/mol. The number of hydrogen-bond donors (Lipinski definition) is 1. The lowest BCUT2D eigenvalue weighted by Crippen LogP contribution is -2.44. The lowest BCUT2D eigenvalue weighted by atomic mass is 10.0. The van der Waals surface area contributed by atoms with E-state index in [9.17, 15) is 24.0 Å². The molecule has 0 aliphatic heterocycles. The molecule has 0 bridgehead atoms. The number of aldehydes is 1. The number of carbonyl (C=O) groups is 5. The maximum atomic E-state index is 12.5. The van der Waals surface area contributed by atoms with E-state index in [1.807, 2.05) is 121 Å². The molecule has 11 nitrogen and oxygen atoms in total. The lowest BCUT2D eigenvalue weighted by molar-refractivity contribution is -0.156. The second kappa shape index (κ2) is 27.7. The van der Waals surface area contributed by atoms with Gasteiger partial charge in [0.25, 0.3) is 0 Å². The van der Waals surface area contributed by atoms with Crippen LogP contribution in [0.5, 0.6) is 0 Å². The first-order valence-corrected chi connectivity index (χ1v) is 18.4. The zero-order valence-electron chi connectivity index (χ0n) is 34.6. The Kier molecular flexibility index (Phi) is 26.9. The molecule has 0 saturated heterocycles. The van der Waals surface area contributed by atoms with Gasteiger partial charge < -0.3 is 29.1 Å². The second-order valence-electron chi connectivity index (χ2n) is 15.3. The van der Waals surface area contributed by atoms with E-state index in [2.05, 4.69) is 5.32 Å². The van der Waals surface area contributed by atoms with Crippen LogP contribution in [0.15, 0.2) is 60.7 Å². The molecule has 2 aromatic rings. The number of hydrogen-bond acceptors (Lipinski definition) is 11. The summed E-state index contributed by atoms with van der Waals surface area (Å²) in [5.41, 5.74) is 1.07. The van der Waals surface area contributed by atoms with Crippen molar-refractivity contribution in [3.63, 3.8) is 0 Å². The van der Waals surface area contributed by atoms with Crippen molar-refractivity contribution in [1.29, 1.82) is 0 Å². The molecular formula is C42H67ClN2O9. The van der Waals surface area contributed by atoms with Gasteiger partial charge in [-0.25, -0.2) is 0 Å². The van der Waals surface area contributed by atoms with Gasteiger partial charge in [0, 0.05) is 12.8 Å². The van der Waals surface area contributed by atoms with Gasteiger partial charge in [-0.3, -0.25) is 24.1 Å². The van der Waals surface area contributed by atoms with Gasteiger partial charge in [0.05, 0.1) is 6.42 Å². The quantitative estimate of drug-likeness (QED) is 0.0971. The van der Waals surface area contributed by atoms with Crippen molar-refractivity contribution in [1.82, 2.24) is 10.2 Å². The fourth-order valence-electron chi connectivity index (χ4n) is 4.89. The van der Waals surface area contributed by atoms with Crippen LogP contribution in [0.2, 0.25) is 0 Å². The number of halogens is 1. The van der Waals surface area contributed by atoms with Crippen molar-refractivity contribution >= 4 is 42.6 Å². The molecule has 2 rings (SSSR count). The Morgan fingerprint density at radius 1 is 0.704 bits per heavy atom. The summed E-state index contributed by atoms with van der Waals surface area (Å²) in [6.45, 7) is 20.2. The van der Waals surface area contributed by atoms with Crippen LogP contribution in [0.25, 0.3) is 0 Å². The van der Waals surface area contributed by atoms with E-state index in [4.69, 9.17) is 18.9 Å². The van der Waals surface area contributed by atoms with Crippen molar-refractivity contribution in [2.45, 2.75) is 131 Å². The molecule has 54 heavy (non-hydrogen) atoms. The molecule has 0 unspecified atom stereocenters. The van der Waals surface area contributed by atoms with E-state index in [1.54, 1.807) is 27.8 Å². The fourth-order valence-corrected chi connectivity index (χ4v) is 4.89. The van der Waals surface area contributed by atoms with Crippen molar-refractivity contribution in [3.8, 4) is 0 Å². The summed E-state index contributed by atoms with van der Waals surface area (Å²) < 4.78 is 21.0. The van der Waals surface area contributed by atoms with Gasteiger partial charge in [0.2, 0.25) is 0 Å². The average molecular weight is 779 g/mol. The first kappa shape index (κ1) is 52.3. The molecule has 0 saturated carbocycles. The minimum absolute atomic E-state index is 0. The molecule has 0 fully saturated rings. The Morgan fingerprint density at radius 3 is 1.50 bits per heavy atom. The zero-order chi connectivity index (χ0) is 40.6. The summed E-state index contributed by atoms with van der Waals surface area (Å²) in [4.78, 5) is 58.7. The van der Waals surface area contributed by atoms with E-state index in [1.165, 1.54) is 0 Å². The predicted molar refractivity (Wildman–Crippen MR) is 215 cm³/mol. The largest absolute Gasteiger partial charge is 0.460 e. The number of benzene rings is 2. The van der Waals surface area contributed by atoms with Crippen LogP contribution in [0.3, 0.4) is 0 Å². The van der Waals surface area contributed by atoms with Gasteiger partial charge in [-0.1, -0.05) is 88.4 Å². The normalized spacial score (nSPS) is 12.1. The third kappa shape index (κ3) is 26.1. The monoisotopic (exact) mass is 778 g/mol. The Bertz CT molecular complexity index is 1340. The first-order valence-electron chi connectivity index (χ1n) is 18.4. The maximum absolute atomic E-state index is 12.5. The molecule has 12 heteroatoms. The number of esters is 4. The molecule has 2 atom stereocenters. The molecule has 2 aromatic carbocycles. The SMILES string of the molecule is CC(C)(C)OC(=O)CCC=O.CC(C)[C@@H](C(=O)OCc1ccccc1)N(C)CCCC(=O)OC(C)(C)C.CN[C@H](C(=O)OCc1ccccc1)C(C)C.Cl. The van der Waals surface area contributed by atoms with E-state index in [0.29, 0.717) is 32.3 Å². The Balaban J connectivity index is 0. The second-order valence-corrected chi connectivity index (χ2v) is 15.3. The molecule has 1 N–H and O–H groups in total. The van der Waals surface area contributed by atoms with Gasteiger partial charge in [0.15, 0.2) is 0 Å². The van der Waals surface area contributed by atoms with Gasteiger partial charge in [-0.2, -0.15) is 0 Å². The van der Waals surface area contributed by atoms with Crippen molar-refractivity contribution < 1.29 is 42.9 Å². The molecule has 306 valence electrons. The summed E-state index contributed by atoms with van der Waals surface area (Å²) in [6, 6.07) is 18.8. The van der Waals surface area contributed by atoms with E-state index in [-0.39, 0.29) is 79.7 Å². The highest BCUT2D eigenvalue weighted by Crippen LogP contribution is 2.15. The molecule has 0 aliphatic carbocycles. The van der Waals surface area contributed by atoms with Crippen molar-refractivity contribution in [2.24, 2.45) is 11.8 Å². The minimum Gasteiger partial charge on any atom is -0.460 e. The Labute approximate surface area is 330 Å². The third-order valence-electron chi connectivity index (χ3n) is 7.23. The molecule has 0 aliphatic rings. The number of nitrogens with one attached hydrogen (secondary N) is 1. The summed E-state index contributed by atoms with van der Waals surface area (Å²) in [7, 11) is 3.66. The van der Waals surface area contributed by atoms with Crippen LogP contribution in [0, 0.1) is 11.8 Å². The average Bonchev–Trinajstić information content (AvgIpc) is 3.05. The number of likely N-dealkylation sites (N-methyl/N-ethyl adjacent to an activating group) is 2. The van der Waals surface area contributed by atoms with E-state index >= 15 is 0 Å².